The molecule has 4 heteroatoms. The van der Waals surface area contributed by atoms with Crippen LogP contribution in [-0.2, 0) is 10.0 Å². The Balaban J connectivity index is 2.74. The van der Waals surface area contributed by atoms with Crippen LogP contribution in [0.4, 0.5) is 5.69 Å². The van der Waals surface area contributed by atoms with Crippen molar-refractivity contribution in [2.75, 3.05) is 4.72 Å². The molecule has 2 aromatic rings. The number of hydrogen-bond donors (Lipinski definition) is 1. The molecule has 2 rings (SSSR count). The minimum Gasteiger partial charge on any atom is -0.279 e. The molecule has 0 bridgehead atoms. The van der Waals surface area contributed by atoms with Crippen LogP contribution in [0.2, 0.25) is 0 Å². The molecule has 0 heterocycles. The Labute approximate surface area is 158 Å². The Morgan fingerprint density at radius 3 is 1.08 bits per heavy atom. The Bertz CT molecular complexity index is 957. The van der Waals surface area contributed by atoms with Crippen molar-refractivity contribution in [2.24, 2.45) is 0 Å². The Morgan fingerprint density at radius 2 is 0.731 bits per heavy atom. The predicted molar refractivity (Wildman–Crippen MR) is 111 cm³/mol. The van der Waals surface area contributed by atoms with Gasteiger partial charge < -0.3 is 0 Å². The largest absolute Gasteiger partial charge is 0.279 e. The molecule has 0 atom stereocenters. The zero-order valence-corrected chi connectivity index (χ0v) is 18.5. The highest BCUT2D eigenvalue weighted by Gasteiger charge is 2.25. The molecule has 1 N–H and O–H groups in total. The molecule has 0 aliphatic rings. The molecular weight excluding hydrogens is 342 g/mol. The molecule has 142 valence electrons. The SMILES string of the molecule is Cc1c(C)c(C)c(NS(=O)(=O)c2c(C)c(C)c(C)c(C)c2C)c(C)c1C. The van der Waals surface area contributed by atoms with Crippen molar-refractivity contribution in [3.05, 3.63) is 55.6 Å². The summed E-state index contributed by atoms with van der Waals surface area (Å²) < 4.78 is 29.6. The van der Waals surface area contributed by atoms with Gasteiger partial charge in [0.1, 0.15) is 0 Å². The lowest BCUT2D eigenvalue weighted by molar-refractivity contribution is 0.599. The lowest BCUT2D eigenvalue weighted by atomic mass is 9.93. The fourth-order valence-corrected chi connectivity index (χ4v) is 5.50. The topological polar surface area (TPSA) is 46.2 Å². The minimum atomic E-state index is -3.68. The van der Waals surface area contributed by atoms with E-state index in [-0.39, 0.29) is 0 Å². The standard InChI is InChI=1S/C22H31NO2S/c1-11-13(3)17(7)21(18(8)14(11)4)23-26(24,25)22-19(9)15(5)12(2)16(6)20(22)10/h23H,1-10H3. The van der Waals surface area contributed by atoms with Crippen LogP contribution < -0.4 is 4.72 Å². The number of anilines is 1. The quantitative estimate of drug-likeness (QED) is 0.764. The van der Waals surface area contributed by atoms with E-state index in [1.165, 1.54) is 5.56 Å². The van der Waals surface area contributed by atoms with Gasteiger partial charge in [0.05, 0.1) is 10.6 Å². The summed E-state index contributed by atoms with van der Waals surface area (Å²) in [5, 5.41) is 0. The third kappa shape index (κ3) is 3.05. The van der Waals surface area contributed by atoms with Crippen molar-refractivity contribution in [1.82, 2.24) is 0 Å². The van der Waals surface area contributed by atoms with E-state index in [0.717, 1.165) is 50.1 Å². The summed E-state index contributed by atoms with van der Waals surface area (Å²) in [4.78, 5) is 0.410. The highest BCUT2D eigenvalue weighted by atomic mass is 32.2. The highest BCUT2D eigenvalue weighted by molar-refractivity contribution is 7.92. The maximum Gasteiger partial charge on any atom is 0.262 e. The molecule has 26 heavy (non-hydrogen) atoms. The molecule has 0 saturated carbocycles. The van der Waals surface area contributed by atoms with Gasteiger partial charge in [0.15, 0.2) is 0 Å². The third-order valence-corrected chi connectivity index (χ3v) is 8.06. The summed E-state index contributed by atoms with van der Waals surface area (Å²) in [6, 6.07) is 0. The van der Waals surface area contributed by atoms with Crippen molar-refractivity contribution >= 4 is 15.7 Å². The smallest absolute Gasteiger partial charge is 0.262 e. The average molecular weight is 374 g/mol. The first-order valence-corrected chi connectivity index (χ1v) is 10.5. The maximum atomic E-state index is 13.4. The Morgan fingerprint density at radius 1 is 0.462 bits per heavy atom. The van der Waals surface area contributed by atoms with Crippen molar-refractivity contribution in [3.8, 4) is 0 Å². The van der Waals surface area contributed by atoms with Gasteiger partial charge in [-0.2, -0.15) is 0 Å². The van der Waals surface area contributed by atoms with E-state index in [9.17, 15) is 8.42 Å². The molecule has 0 unspecified atom stereocenters. The predicted octanol–water partition coefficient (Wildman–Crippen LogP) is 5.57. The zero-order chi connectivity index (χ0) is 20.1. The Kier molecular flexibility index (Phi) is 5.31. The number of hydrogen-bond acceptors (Lipinski definition) is 2. The molecule has 3 nitrogen and oxygen atoms in total. The Hall–Kier alpha value is -1.81. The summed E-state index contributed by atoms with van der Waals surface area (Å²) in [5.74, 6) is 0. The van der Waals surface area contributed by atoms with E-state index in [4.69, 9.17) is 0 Å². The van der Waals surface area contributed by atoms with Gasteiger partial charge in [-0.15, -0.1) is 0 Å². The van der Waals surface area contributed by atoms with Gasteiger partial charge in [-0.1, -0.05) is 0 Å². The van der Waals surface area contributed by atoms with Crippen LogP contribution in [0.25, 0.3) is 0 Å². The van der Waals surface area contributed by atoms with Gasteiger partial charge in [0.25, 0.3) is 10.0 Å². The van der Waals surface area contributed by atoms with Crippen LogP contribution in [0.1, 0.15) is 55.6 Å². The first-order chi connectivity index (χ1) is 11.8. The van der Waals surface area contributed by atoms with Crippen LogP contribution in [0, 0.1) is 69.2 Å². The van der Waals surface area contributed by atoms with E-state index in [1.807, 2.05) is 55.4 Å². The van der Waals surface area contributed by atoms with Crippen molar-refractivity contribution in [3.63, 3.8) is 0 Å². The molecule has 0 aromatic heterocycles. The summed E-state index contributed by atoms with van der Waals surface area (Å²) in [6.45, 7) is 20.0. The first kappa shape index (κ1) is 20.5. The van der Waals surface area contributed by atoms with E-state index in [0.29, 0.717) is 10.6 Å². The van der Waals surface area contributed by atoms with Crippen molar-refractivity contribution in [2.45, 2.75) is 74.1 Å². The van der Waals surface area contributed by atoms with E-state index < -0.39 is 10.0 Å². The monoisotopic (exact) mass is 373 g/mol. The second-order valence-corrected chi connectivity index (χ2v) is 9.18. The van der Waals surface area contributed by atoms with Crippen LogP contribution in [0.15, 0.2) is 4.90 Å². The molecule has 0 radical (unpaired) electrons. The van der Waals surface area contributed by atoms with Gasteiger partial charge in [0.2, 0.25) is 0 Å². The first-order valence-electron chi connectivity index (χ1n) is 8.99. The van der Waals surface area contributed by atoms with Crippen LogP contribution >= 0.6 is 0 Å². The van der Waals surface area contributed by atoms with E-state index in [1.54, 1.807) is 0 Å². The second kappa shape index (κ2) is 6.73. The molecule has 0 fully saturated rings. The van der Waals surface area contributed by atoms with Crippen LogP contribution in [0.3, 0.4) is 0 Å². The van der Waals surface area contributed by atoms with Crippen molar-refractivity contribution in [1.29, 1.82) is 0 Å². The zero-order valence-electron chi connectivity index (χ0n) is 17.7. The van der Waals surface area contributed by atoms with Gasteiger partial charge in [0, 0.05) is 0 Å². The number of benzene rings is 2. The molecule has 0 aliphatic heterocycles. The number of sulfonamides is 1. The van der Waals surface area contributed by atoms with Gasteiger partial charge >= 0.3 is 0 Å². The van der Waals surface area contributed by atoms with Crippen LogP contribution in [0.5, 0.6) is 0 Å². The van der Waals surface area contributed by atoms with Gasteiger partial charge in [-0.05, 0) is 125 Å². The fraction of sp³-hybridized carbons (Fsp3) is 0.455. The molecule has 0 spiro atoms. The lowest BCUT2D eigenvalue weighted by Crippen LogP contribution is -2.19. The van der Waals surface area contributed by atoms with Gasteiger partial charge in [-0.25, -0.2) is 8.42 Å². The van der Waals surface area contributed by atoms with Gasteiger partial charge in [-0.3, -0.25) is 4.72 Å². The number of nitrogens with one attached hydrogen (secondary N) is 1. The number of rotatable bonds is 3. The van der Waals surface area contributed by atoms with Crippen LogP contribution in [-0.4, -0.2) is 8.42 Å². The summed E-state index contributed by atoms with van der Waals surface area (Å²) in [6.07, 6.45) is 0. The van der Waals surface area contributed by atoms with E-state index in [2.05, 4.69) is 18.6 Å². The molecular formula is C22H31NO2S. The minimum absolute atomic E-state index is 0.410. The molecule has 0 saturated heterocycles. The third-order valence-electron chi connectivity index (χ3n) is 6.44. The summed E-state index contributed by atoms with van der Waals surface area (Å²) in [7, 11) is -3.68. The average Bonchev–Trinajstić information content (AvgIpc) is 2.58. The van der Waals surface area contributed by atoms with Crippen molar-refractivity contribution < 1.29 is 8.42 Å². The second-order valence-electron chi connectivity index (χ2n) is 7.56. The summed E-state index contributed by atoms with van der Waals surface area (Å²) in [5.41, 5.74) is 11.1. The highest BCUT2D eigenvalue weighted by Crippen LogP contribution is 2.34. The normalized spacial score (nSPS) is 11.8. The van der Waals surface area contributed by atoms with E-state index >= 15 is 0 Å². The summed E-state index contributed by atoms with van der Waals surface area (Å²) >= 11 is 0. The maximum absolute atomic E-state index is 13.4. The fourth-order valence-electron chi connectivity index (χ4n) is 3.71. The molecule has 2 aromatic carbocycles. The molecule has 0 amide bonds. The lowest BCUT2D eigenvalue weighted by Gasteiger charge is -2.23. The molecule has 0 aliphatic carbocycles.